The molecule has 6 heteroatoms. The molecule has 0 fully saturated rings. The predicted molar refractivity (Wildman–Crippen MR) is 75.1 cm³/mol. The van der Waals surface area contributed by atoms with Crippen LogP contribution in [0.25, 0.3) is 11.4 Å². The molecule has 0 amide bonds. The van der Waals surface area contributed by atoms with Gasteiger partial charge in [0.15, 0.2) is 17.3 Å². The number of hydrogen-bond donors (Lipinski definition) is 2. The summed E-state index contributed by atoms with van der Waals surface area (Å²) < 4.78 is 5.01. The van der Waals surface area contributed by atoms with E-state index in [0.29, 0.717) is 17.4 Å². The molecular weight excluding hydrogens is 262 g/mol. The Morgan fingerprint density at radius 3 is 2.89 bits per heavy atom. The third kappa shape index (κ3) is 2.08. The van der Waals surface area contributed by atoms with Crippen molar-refractivity contribution in [2.75, 3.05) is 12.8 Å². The number of phenolic OH excluding ortho intramolecular Hbond substituents is 1. The second-order valence-corrected chi connectivity index (χ2v) is 5.22. The summed E-state index contributed by atoms with van der Waals surface area (Å²) in [6.07, 6.45) is 0. The average Bonchev–Trinajstić information content (AvgIpc) is 2.87. The van der Waals surface area contributed by atoms with Crippen LogP contribution < -0.4 is 10.5 Å². The lowest BCUT2D eigenvalue weighted by molar-refractivity contribution is 0.373. The van der Waals surface area contributed by atoms with Crippen molar-refractivity contribution in [2.24, 2.45) is 0 Å². The van der Waals surface area contributed by atoms with E-state index in [0.717, 1.165) is 28.3 Å². The summed E-state index contributed by atoms with van der Waals surface area (Å²) in [6.45, 7) is 0. The standard InChI is InChI=1S/C13H13N3O2S/c1-18-11-3-2-7(4-10(11)17)13-15-9-6-19-5-8(9)12(14)16-13/h2-4,17H,5-6H2,1H3,(H2,14,15,16). The molecule has 1 aliphatic heterocycles. The maximum Gasteiger partial charge on any atom is 0.161 e. The number of nitrogens with zero attached hydrogens (tertiary/aromatic N) is 2. The molecule has 0 bridgehead atoms. The molecule has 3 N–H and O–H groups in total. The first-order valence-corrected chi connectivity index (χ1v) is 6.95. The summed E-state index contributed by atoms with van der Waals surface area (Å²) >= 11 is 1.78. The molecule has 0 saturated heterocycles. The molecule has 98 valence electrons. The summed E-state index contributed by atoms with van der Waals surface area (Å²) in [5.74, 6) is 3.29. The molecule has 0 aliphatic carbocycles. The third-order valence-electron chi connectivity index (χ3n) is 3.05. The van der Waals surface area contributed by atoms with Crippen molar-refractivity contribution < 1.29 is 9.84 Å². The van der Waals surface area contributed by atoms with Gasteiger partial charge in [-0.3, -0.25) is 0 Å². The molecule has 0 radical (unpaired) electrons. The normalized spacial score (nSPS) is 13.3. The number of benzene rings is 1. The van der Waals surface area contributed by atoms with E-state index in [4.69, 9.17) is 10.5 Å². The van der Waals surface area contributed by atoms with Crippen LogP contribution in [0.4, 0.5) is 5.82 Å². The van der Waals surface area contributed by atoms with Gasteiger partial charge in [-0.1, -0.05) is 0 Å². The van der Waals surface area contributed by atoms with Gasteiger partial charge in [-0.25, -0.2) is 9.97 Å². The minimum atomic E-state index is 0.0667. The second kappa shape index (κ2) is 4.62. The van der Waals surface area contributed by atoms with Crippen LogP contribution in [0.3, 0.4) is 0 Å². The molecule has 0 saturated carbocycles. The van der Waals surface area contributed by atoms with Gasteiger partial charge in [-0.2, -0.15) is 11.8 Å². The quantitative estimate of drug-likeness (QED) is 0.874. The molecule has 3 rings (SSSR count). The Balaban J connectivity index is 2.07. The smallest absolute Gasteiger partial charge is 0.161 e. The van der Waals surface area contributed by atoms with Crippen molar-refractivity contribution in [3.05, 3.63) is 29.5 Å². The van der Waals surface area contributed by atoms with E-state index < -0.39 is 0 Å². The first kappa shape index (κ1) is 12.1. The molecule has 2 aromatic rings. The maximum atomic E-state index is 9.80. The van der Waals surface area contributed by atoms with Crippen LogP contribution in [0, 0.1) is 0 Å². The number of thioether (sulfide) groups is 1. The number of aromatic nitrogens is 2. The summed E-state index contributed by atoms with van der Waals surface area (Å²) in [6, 6.07) is 5.08. The van der Waals surface area contributed by atoms with Crippen molar-refractivity contribution in [1.82, 2.24) is 9.97 Å². The van der Waals surface area contributed by atoms with Crippen LogP contribution in [0.1, 0.15) is 11.3 Å². The number of fused-ring (bicyclic) bond motifs is 1. The van der Waals surface area contributed by atoms with E-state index in [9.17, 15) is 5.11 Å². The summed E-state index contributed by atoms with van der Waals surface area (Å²) in [7, 11) is 1.51. The van der Waals surface area contributed by atoms with E-state index in [1.807, 2.05) is 6.07 Å². The largest absolute Gasteiger partial charge is 0.504 e. The van der Waals surface area contributed by atoms with Crippen LogP contribution in [0.5, 0.6) is 11.5 Å². The number of nitrogen functional groups attached to an aromatic ring is 1. The topological polar surface area (TPSA) is 81.3 Å². The molecule has 1 aromatic carbocycles. The number of phenols is 1. The molecule has 1 aromatic heterocycles. The number of aromatic hydroxyl groups is 1. The van der Waals surface area contributed by atoms with Crippen LogP contribution in [-0.2, 0) is 11.5 Å². The van der Waals surface area contributed by atoms with Gasteiger partial charge in [0, 0.05) is 22.6 Å². The number of anilines is 1. The second-order valence-electron chi connectivity index (χ2n) is 4.24. The molecule has 2 heterocycles. The van der Waals surface area contributed by atoms with Crippen molar-refractivity contribution in [2.45, 2.75) is 11.5 Å². The van der Waals surface area contributed by atoms with Crippen LogP contribution in [0.2, 0.25) is 0 Å². The van der Waals surface area contributed by atoms with Crippen molar-refractivity contribution in [1.29, 1.82) is 0 Å². The zero-order valence-corrected chi connectivity index (χ0v) is 11.2. The van der Waals surface area contributed by atoms with Gasteiger partial charge >= 0.3 is 0 Å². The van der Waals surface area contributed by atoms with Crippen LogP contribution >= 0.6 is 11.8 Å². The minimum absolute atomic E-state index is 0.0667. The van der Waals surface area contributed by atoms with E-state index in [2.05, 4.69) is 9.97 Å². The zero-order valence-electron chi connectivity index (χ0n) is 10.4. The molecule has 19 heavy (non-hydrogen) atoms. The first-order valence-electron chi connectivity index (χ1n) is 5.79. The Labute approximate surface area is 114 Å². The Kier molecular flexibility index (Phi) is 2.94. The zero-order chi connectivity index (χ0) is 13.4. The van der Waals surface area contributed by atoms with Gasteiger partial charge in [-0.05, 0) is 18.2 Å². The predicted octanol–water partition coefficient (Wildman–Crippen LogP) is 2.19. The average molecular weight is 275 g/mol. The summed E-state index contributed by atoms with van der Waals surface area (Å²) in [5, 5.41) is 9.80. The van der Waals surface area contributed by atoms with E-state index >= 15 is 0 Å². The van der Waals surface area contributed by atoms with Crippen molar-refractivity contribution in [3.8, 4) is 22.9 Å². The van der Waals surface area contributed by atoms with E-state index in [1.165, 1.54) is 7.11 Å². The van der Waals surface area contributed by atoms with Gasteiger partial charge in [0.05, 0.1) is 12.8 Å². The Morgan fingerprint density at radius 1 is 1.32 bits per heavy atom. The molecule has 1 aliphatic rings. The Bertz CT molecular complexity index is 646. The maximum absolute atomic E-state index is 9.80. The van der Waals surface area contributed by atoms with Crippen molar-refractivity contribution >= 4 is 17.6 Å². The lowest BCUT2D eigenvalue weighted by Crippen LogP contribution is -2.02. The lowest BCUT2D eigenvalue weighted by atomic mass is 10.1. The highest BCUT2D eigenvalue weighted by atomic mass is 32.2. The van der Waals surface area contributed by atoms with E-state index in [-0.39, 0.29) is 5.75 Å². The number of ether oxygens (including phenoxy) is 1. The van der Waals surface area contributed by atoms with Crippen LogP contribution in [-0.4, -0.2) is 22.2 Å². The fourth-order valence-electron chi connectivity index (χ4n) is 2.03. The Morgan fingerprint density at radius 2 is 2.16 bits per heavy atom. The molecule has 0 spiro atoms. The molecule has 5 nitrogen and oxygen atoms in total. The minimum Gasteiger partial charge on any atom is -0.504 e. The van der Waals surface area contributed by atoms with Gasteiger partial charge in [0.2, 0.25) is 0 Å². The third-order valence-corrected chi connectivity index (χ3v) is 4.02. The number of methoxy groups -OCH3 is 1. The highest BCUT2D eigenvalue weighted by molar-refractivity contribution is 7.98. The lowest BCUT2D eigenvalue weighted by Gasteiger charge is -2.08. The first-order chi connectivity index (χ1) is 9.19. The summed E-state index contributed by atoms with van der Waals surface area (Å²) in [5.41, 5.74) is 8.70. The fraction of sp³-hybridized carbons (Fsp3) is 0.231. The van der Waals surface area contributed by atoms with Gasteiger partial charge in [-0.15, -0.1) is 0 Å². The number of hydrogen-bond acceptors (Lipinski definition) is 6. The number of nitrogens with two attached hydrogens (primary N) is 1. The number of rotatable bonds is 2. The summed E-state index contributed by atoms with van der Waals surface area (Å²) in [4.78, 5) is 8.83. The van der Waals surface area contributed by atoms with Gasteiger partial charge < -0.3 is 15.6 Å². The molecular formula is C13H13N3O2S. The van der Waals surface area contributed by atoms with Gasteiger partial charge in [0.25, 0.3) is 0 Å². The Hall–Kier alpha value is -1.95. The highest BCUT2D eigenvalue weighted by Crippen LogP contribution is 2.35. The monoisotopic (exact) mass is 275 g/mol. The SMILES string of the molecule is COc1ccc(-c2nc(N)c3c(n2)CSC3)cc1O. The van der Waals surface area contributed by atoms with Crippen molar-refractivity contribution in [3.63, 3.8) is 0 Å². The van der Waals surface area contributed by atoms with Gasteiger partial charge in [0.1, 0.15) is 5.82 Å². The van der Waals surface area contributed by atoms with E-state index in [1.54, 1.807) is 23.9 Å². The molecule has 0 atom stereocenters. The molecule has 0 unspecified atom stereocenters. The van der Waals surface area contributed by atoms with Crippen LogP contribution in [0.15, 0.2) is 18.2 Å². The highest BCUT2D eigenvalue weighted by Gasteiger charge is 2.19. The fourth-order valence-corrected chi connectivity index (χ4v) is 3.09.